The van der Waals surface area contributed by atoms with Crippen molar-refractivity contribution in [3.63, 3.8) is 0 Å². The van der Waals surface area contributed by atoms with Gasteiger partial charge in [0, 0.05) is 13.6 Å². The number of nitrogens with two attached hydrogens (primary N) is 1. The maximum Gasteiger partial charge on any atom is 0.224 e. The predicted molar refractivity (Wildman–Crippen MR) is 87.0 cm³/mol. The molecule has 1 aliphatic rings. The molecule has 1 amide bonds. The minimum absolute atomic E-state index is 0.161. The second-order valence-electron chi connectivity index (χ2n) is 6.94. The van der Waals surface area contributed by atoms with Crippen molar-refractivity contribution in [2.45, 2.75) is 59.0 Å². The number of nitrogens with zero attached hydrogens (tertiary/aromatic N) is 1. The van der Waals surface area contributed by atoms with E-state index in [4.69, 9.17) is 10.5 Å². The summed E-state index contributed by atoms with van der Waals surface area (Å²) in [5, 5.41) is 0. The Balaban J connectivity index is 2.33. The Labute approximate surface area is 130 Å². The molecule has 21 heavy (non-hydrogen) atoms. The lowest BCUT2D eigenvalue weighted by Crippen LogP contribution is -2.35. The summed E-state index contributed by atoms with van der Waals surface area (Å²) in [5.74, 6) is 2.21. The third-order valence-electron chi connectivity index (χ3n) is 4.73. The Morgan fingerprint density at radius 1 is 1.38 bits per heavy atom. The highest BCUT2D eigenvalue weighted by atomic mass is 16.5. The van der Waals surface area contributed by atoms with E-state index in [9.17, 15) is 4.79 Å². The van der Waals surface area contributed by atoms with Gasteiger partial charge in [0.25, 0.3) is 0 Å². The highest BCUT2D eigenvalue weighted by Gasteiger charge is 2.31. The summed E-state index contributed by atoms with van der Waals surface area (Å²) in [6.07, 6.45) is 5.38. The minimum Gasteiger partial charge on any atom is -0.377 e. The molecule has 0 aromatic heterocycles. The van der Waals surface area contributed by atoms with E-state index in [1.165, 1.54) is 12.8 Å². The molecule has 0 aromatic rings. The average molecular weight is 298 g/mol. The molecule has 0 saturated heterocycles. The van der Waals surface area contributed by atoms with E-state index in [1.807, 2.05) is 7.05 Å². The molecule has 4 heteroatoms. The summed E-state index contributed by atoms with van der Waals surface area (Å²) >= 11 is 0. The van der Waals surface area contributed by atoms with Gasteiger partial charge in [-0.25, -0.2) is 0 Å². The van der Waals surface area contributed by atoms with Crippen molar-refractivity contribution in [2.75, 3.05) is 26.7 Å². The first kappa shape index (κ1) is 18.4. The summed E-state index contributed by atoms with van der Waals surface area (Å²) < 4.78 is 6.08. The molecule has 0 aromatic carbocycles. The lowest BCUT2D eigenvalue weighted by atomic mass is 9.75. The first-order chi connectivity index (χ1) is 9.95. The van der Waals surface area contributed by atoms with Crippen LogP contribution in [0.4, 0.5) is 0 Å². The normalized spacial score (nSPS) is 26.1. The predicted octanol–water partition coefficient (Wildman–Crippen LogP) is 2.66. The van der Waals surface area contributed by atoms with Crippen LogP contribution in [-0.2, 0) is 9.53 Å². The van der Waals surface area contributed by atoms with E-state index in [0.29, 0.717) is 37.5 Å². The summed E-state index contributed by atoms with van der Waals surface area (Å²) in [4.78, 5) is 13.7. The van der Waals surface area contributed by atoms with Gasteiger partial charge in [-0.05, 0) is 43.6 Å². The van der Waals surface area contributed by atoms with E-state index in [2.05, 4.69) is 20.8 Å². The zero-order valence-corrected chi connectivity index (χ0v) is 14.3. The second kappa shape index (κ2) is 9.42. The van der Waals surface area contributed by atoms with Crippen LogP contribution in [0.2, 0.25) is 0 Å². The van der Waals surface area contributed by atoms with Crippen LogP contribution in [0, 0.1) is 17.8 Å². The zero-order chi connectivity index (χ0) is 15.8. The van der Waals surface area contributed by atoms with Crippen LogP contribution in [0.25, 0.3) is 0 Å². The van der Waals surface area contributed by atoms with Crippen LogP contribution in [0.3, 0.4) is 0 Å². The molecule has 0 aliphatic heterocycles. The molecule has 3 atom stereocenters. The van der Waals surface area contributed by atoms with Gasteiger partial charge < -0.3 is 15.4 Å². The Morgan fingerprint density at radius 2 is 2.10 bits per heavy atom. The fourth-order valence-electron chi connectivity index (χ4n) is 3.25. The average Bonchev–Trinajstić information content (AvgIpc) is 2.44. The van der Waals surface area contributed by atoms with Crippen LogP contribution >= 0.6 is 0 Å². The number of rotatable bonds is 8. The highest BCUT2D eigenvalue weighted by Crippen LogP contribution is 2.35. The van der Waals surface area contributed by atoms with Crippen molar-refractivity contribution in [1.29, 1.82) is 0 Å². The molecule has 1 saturated carbocycles. The van der Waals surface area contributed by atoms with Crippen molar-refractivity contribution in [1.82, 2.24) is 4.90 Å². The van der Waals surface area contributed by atoms with E-state index >= 15 is 0 Å². The van der Waals surface area contributed by atoms with Crippen molar-refractivity contribution < 1.29 is 9.53 Å². The molecule has 0 radical (unpaired) electrons. The van der Waals surface area contributed by atoms with Gasteiger partial charge in [0.05, 0.1) is 19.1 Å². The fraction of sp³-hybridized carbons (Fsp3) is 0.941. The number of hydrogen-bond acceptors (Lipinski definition) is 3. The molecule has 1 fully saturated rings. The van der Waals surface area contributed by atoms with Crippen LogP contribution in [-0.4, -0.2) is 43.7 Å². The number of amides is 1. The van der Waals surface area contributed by atoms with Crippen molar-refractivity contribution in [3.05, 3.63) is 0 Å². The smallest absolute Gasteiger partial charge is 0.224 e. The van der Waals surface area contributed by atoms with Gasteiger partial charge in [0.2, 0.25) is 5.91 Å². The minimum atomic E-state index is 0.161. The standard InChI is InChI=1S/C17H34N2O2/c1-13(2)15-7-6-14(3)12-16(15)21-11-8-17(20)19(4)10-5-9-18/h13-16H,5-12,18H2,1-4H3. The van der Waals surface area contributed by atoms with Gasteiger partial charge in [-0.1, -0.05) is 27.2 Å². The summed E-state index contributed by atoms with van der Waals surface area (Å²) in [6.45, 7) is 8.78. The van der Waals surface area contributed by atoms with E-state index < -0.39 is 0 Å². The molecule has 1 rings (SSSR count). The molecule has 3 unspecified atom stereocenters. The molecule has 0 heterocycles. The van der Waals surface area contributed by atoms with Gasteiger partial charge in [0.15, 0.2) is 0 Å². The Morgan fingerprint density at radius 3 is 2.71 bits per heavy atom. The third kappa shape index (κ3) is 6.35. The monoisotopic (exact) mass is 298 g/mol. The number of carbonyl (C=O) groups is 1. The number of ether oxygens (including phenoxy) is 1. The van der Waals surface area contributed by atoms with Gasteiger partial charge in [-0.2, -0.15) is 0 Å². The Kier molecular flexibility index (Phi) is 8.27. The van der Waals surface area contributed by atoms with Gasteiger partial charge >= 0.3 is 0 Å². The van der Waals surface area contributed by atoms with Crippen LogP contribution in [0.5, 0.6) is 0 Å². The van der Waals surface area contributed by atoms with Crippen LogP contribution in [0.1, 0.15) is 52.9 Å². The first-order valence-corrected chi connectivity index (χ1v) is 8.51. The Hall–Kier alpha value is -0.610. The van der Waals surface area contributed by atoms with Crippen molar-refractivity contribution in [2.24, 2.45) is 23.5 Å². The quantitative estimate of drug-likeness (QED) is 0.749. The molecule has 4 nitrogen and oxygen atoms in total. The largest absolute Gasteiger partial charge is 0.377 e. The number of hydrogen-bond donors (Lipinski definition) is 1. The second-order valence-corrected chi connectivity index (χ2v) is 6.94. The summed E-state index contributed by atoms with van der Waals surface area (Å²) in [5.41, 5.74) is 5.47. The van der Waals surface area contributed by atoms with Gasteiger partial charge in [0.1, 0.15) is 0 Å². The number of carbonyl (C=O) groups excluding carboxylic acids is 1. The van der Waals surface area contributed by atoms with E-state index in [1.54, 1.807) is 4.90 Å². The maximum atomic E-state index is 12.0. The van der Waals surface area contributed by atoms with Crippen LogP contribution in [0.15, 0.2) is 0 Å². The lowest BCUT2D eigenvalue weighted by molar-refractivity contribution is -0.132. The van der Waals surface area contributed by atoms with Gasteiger partial charge in [-0.3, -0.25) is 4.79 Å². The fourth-order valence-corrected chi connectivity index (χ4v) is 3.25. The van der Waals surface area contributed by atoms with E-state index in [0.717, 1.165) is 25.3 Å². The molecule has 1 aliphatic carbocycles. The SMILES string of the molecule is CC1CCC(C(C)C)C(OCCC(=O)N(C)CCCN)C1. The molecular weight excluding hydrogens is 264 g/mol. The topological polar surface area (TPSA) is 55.6 Å². The first-order valence-electron chi connectivity index (χ1n) is 8.51. The molecule has 0 spiro atoms. The van der Waals surface area contributed by atoms with Crippen LogP contribution < -0.4 is 5.73 Å². The van der Waals surface area contributed by atoms with E-state index in [-0.39, 0.29) is 5.91 Å². The zero-order valence-electron chi connectivity index (χ0n) is 14.3. The molecule has 124 valence electrons. The Bertz CT molecular complexity index is 307. The van der Waals surface area contributed by atoms with Crippen molar-refractivity contribution >= 4 is 5.91 Å². The lowest BCUT2D eigenvalue weighted by Gasteiger charge is -2.37. The molecular formula is C17H34N2O2. The maximum absolute atomic E-state index is 12.0. The summed E-state index contributed by atoms with van der Waals surface area (Å²) in [7, 11) is 1.84. The third-order valence-corrected chi connectivity index (χ3v) is 4.73. The highest BCUT2D eigenvalue weighted by molar-refractivity contribution is 5.75. The van der Waals surface area contributed by atoms with Gasteiger partial charge in [-0.15, -0.1) is 0 Å². The summed E-state index contributed by atoms with van der Waals surface area (Å²) in [6, 6.07) is 0. The molecule has 2 N–H and O–H groups in total. The molecule has 0 bridgehead atoms. The van der Waals surface area contributed by atoms with Crippen molar-refractivity contribution in [3.8, 4) is 0 Å².